The molecule has 0 amide bonds. The molecule has 0 aliphatic rings. The van der Waals surface area contributed by atoms with Crippen molar-refractivity contribution >= 4 is 11.8 Å². The fraction of sp³-hybridized carbons (Fsp3) is 0.211. The van der Waals surface area contributed by atoms with Gasteiger partial charge in [0.1, 0.15) is 5.25 Å². The number of nitriles is 1. The Labute approximate surface area is 151 Å². The van der Waals surface area contributed by atoms with Crippen molar-refractivity contribution in [2.75, 3.05) is 0 Å². The van der Waals surface area contributed by atoms with Crippen LogP contribution in [0.5, 0.6) is 0 Å². The average molecular weight is 350 g/mol. The lowest BCUT2D eigenvalue weighted by Gasteiger charge is -2.10. The molecular weight excluding hydrogens is 332 g/mol. The summed E-state index contributed by atoms with van der Waals surface area (Å²) < 4.78 is 7.34. The summed E-state index contributed by atoms with van der Waals surface area (Å²) in [4.78, 5) is 0. The maximum atomic E-state index is 9.55. The monoisotopic (exact) mass is 350 g/mol. The van der Waals surface area contributed by atoms with E-state index >= 15 is 0 Å². The number of aryl methyl sites for hydroxylation is 1. The minimum Gasteiger partial charge on any atom is -0.461 e. The Morgan fingerprint density at radius 3 is 2.76 bits per heavy atom. The zero-order valence-corrected chi connectivity index (χ0v) is 14.7. The van der Waals surface area contributed by atoms with E-state index in [0.29, 0.717) is 29.7 Å². The van der Waals surface area contributed by atoms with Gasteiger partial charge in [0.2, 0.25) is 5.82 Å². The second kappa shape index (κ2) is 7.86. The third-order valence-corrected chi connectivity index (χ3v) is 4.77. The molecule has 0 N–H and O–H groups in total. The summed E-state index contributed by atoms with van der Waals surface area (Å²) in [6, 6.07) is 14.2. The standard InChI is InChI=1S/C19H18N4OS/c1-3-10-23-18(17-5-4-11-24-17)21-22-19(23)25-16(13-20)12-15-8-6-14(2)7-9-15/h3-9,11,16H,1,10,12H2,2H3/t16-/m0/s1. The minimum absolute atomic E-state index is 0.250. The number of furan rings is 1. The summed E-state index contributed by atoms with van der Waals surface area (Å²) in [6.07, 6.45) is 4.03. The molecule has 3 aromatic rings. The Balaban J connectivity index is 1.82. The predicted molar refractivity (Wildman–Crippen MR) is 98.1 cm³/mol. The largest absolute Gasteiger partial charge is 0.461 e. The molecule has 6 heteroatoms. The Morgan fingerprint density at radius 2 is 2.12 bits per heavy atom. The molecule has 5 nitrogen and oxygen atoms in total. The molecular formula is C19H18N4OS. The van der Waals surface area contributed by atoms with Crippen molar-refractivity contribution in [2.24, 2.45) is 0 Å². The van der Waals surface area contributed by atoms with Crippen molar-refractivity contribution in [2.45, 2.75) is 30.3 Å². The van der Waals surface area contributed by atoms with E-state index in [9.17, 15) is 5.26 Å². The van der Waals surface area contributed by atoms with Crippen molar-refractivity contribution in [1.29, 1.82) is 5.26 Å². The van der Waals surface area contributed by atoms with Gasteiger partial charge < -0.3 is 4.42 Å². The van der Waals surface area contributed by atoms with E-state index in [-0.39, 0.29) is 5.25 Å². The van der Waals surface area contributed by atoms with Crippen molar-refractivity contribution in [3.8, 4) is 17.7 Å². The van der Waals surface area contributed by atoms with Crippen LogP contribution in [0.25, 0.3) is 11.6 Å². The second-order valence-corrected chi connectivity index (χ2v) is 6.78. The number of rotatable bonds is 7. The van der Waals surface area contributed by atoms with E-state index < -0.39 is 0 Å². The van der Waals surface area contributed by atoms with E-state index in [4.69, 9.17) is 4.42 Å². The average Bonchev–Trinajstić information content (AvgIpc) is 3.27. The number of nitrogens with zero attached hydrogens (tertiary/aromatic N) is 4. The van der Waals surface area contributed by atoms with E-state index in [2.05, 4.69) is 47.1 Å². The van der Waals surface area contributed by atoms with E-state index in [0.717, 1.165) is 5.56 Å². The van der Waals surface area contributed by atoms with Crippen LogP contribution >= 0.6 is 11.8 Å². The molecule has 1 atom stereocenters. The van der Waals surface area contributed by atoms with Crippen molar-refractivity contribution in [3.05, 3.63) is 66.4 Å². The highest BCUT2D eigenvalue weighted by Crippen LogP contribution is 2.28. The number of hydrogen-bond acceptors (Lipinski definition) is 5. The zero-order chi connectivity index (χ0) is 17.6. The maximum absolute atomic E-state index is 9.55. The SMILES string of the molecule is C=CCn1c(S[C@H](C#N)Cc2ccc(C)cc2)nnc1-c1ccco1. The highest BCUT2D eigenvalue weighted by atomic mass is 32.2. The van der Waals surface area contributed by atoms with Crippen LogP contribution in [-0.2, 0) is 13.0 Å². The van der Waals surface area contributed by atoms with Gasteiger partial charge in [-0.1, -0.05) is 47.7 Å². The van der Waals surface area contributed by atoms with Gasteiger partial charge in [-0.15, -0.1) is 16.8 Å². The van der Waals surface area contributed by atoms with Gasteiger partial charge in [-0.25, -0.2) is 0 Å². The van der Waals surface area contributed by atoms with Gasteiger partial charge in [0.15, 0.2) is 10.9 Å². The summed E-state index contributed by atoms with van der Waals surface area (Å²) in [5, 5.41) is 18.5. The van der Waals surface area contributed by atoms with Crippen molar-refractivity contribution in [3.63, 3.8) is 0 Å². The van der Waals surface area contributed by atoms with E-state index in [1.165, 1.54) is 17.3 Å². The quantitative estimate of drug-likeness (QED) is 0.470. The normalized spacial score (nSPS) is 11.8. The van der Waals surface area contributed by atoms with Gasteiger partial charge in [-0.3, -0.25) is 4.57 Å². The number of aromatic nitrogens is 3. The lowest BCUT2D eigenvalue weighted by Crippen LogP contribution is -2.07. The Kier molecular flexibility index (Phi) is 5.36. The molecule has 0 fully saturated rings. The highest BCUT2D eigenvalue weighted by molar-refractivity contribution is 8.00. The summed E-state index contributed by atoms with van der Waals surface area (Å²) in [6.45, 7) is 6.39. The van der Waals surface area contributed by atoms with Gasteiger partial charge in [0.05, 0.1) is 12.3 Å². The number of thioether (sulfide) groups is 1. The smallest absolute Gasteiger partial charge is 0.200 e. The zero-order valence-electron chi connectivity index (χ0n) is 13.9. The van der Waals surface area contributed by atoms with Crippen LogP contribution in [0.1, 0.15) is 11.1 Å². The van der Waals surface area contributed by atoms with Crippen LogP contribution in [0.3, 0.4) is 0 Å². The second-order valence-electron chi connectivity index (χ2n) is 5.61. The Hall–Kier alpha value is -2.78. The third-order valence-electron chi connectivity index (χ3n) is 3.70. The molecule has 0 bridgehead atoms. The molecule has 25 heavy (non-hydrogen) atoms. The molecule has 0 spiro atoms. The molecule has 2 aromatic heterocycles. The third kappa shape index (κ3) is 4.01. The molecule has 0 unspecified atom stereocenters. The lowest BCUT2D eigenvalue weighted by atomic mass is 10.1. The fourth-order valence-electron chi connectivity index (χ4n) is 2.44. The summed E-state index contributed by atoms with van der Waals surface area (Å²) in [5.41, 5.74) is 2.34. The van der Waals surface area contributed by atoms with Gasteiger partial charge in [0.25, 0.3) is 0 Å². The number of allylic oxidation sites excluding steroid dienone is 1. The van der Waals surface area contributed by atoms with Crippen LogP contribution in [0.15, 0.2) is 64.9 Å². The highest BCUT2D eigenvalue weighted by Gasteiger charge is 2.19. The Bertz CT molecular complexity index is 875. The van der Waals surface area contributed by atoms with E-state index in [1.807, 2.05) is 23.6 Å². The minimum atomic E-state index is -0.250. The topological polar surface area (TPSA) is 67.6 Å². The van der Waals surface area contributed by atoms with Crippen LogP contribution in [0.4, 0.5) is 0 Å². The summed E-state index contributed by atoms with van der Waals surface area (Å²) in [5.74, 6) is 1.28. The van der Waals surface area contributed by atoms with Crippen LogP contribution in [0, 0.1) is 18.3 Å². The van der Waals surface area contributed by atoms with Crippen LogP contribution in [-0.4, -0.2) is 20.0 Å². The molecule has 0 aliphatic heterocycles. The maximum Gasteiger partial charge on any atom is 0.200 e. The number of benzene rings is 1. The first-order valence-electron chi connectivity index (χ1n) is 7.91. The van der Waals surface area contributed by atoms with Gasteiger partial charge >= 0.3 is 0 Å². The first-order chi connectivity index (χ1) is 12.2. The molecule has 0 saturated carbocycles. The predicted octanol–water partition coefficient (Wildman–Crippen LogP) is 4.26. The summed E-state index contributed by atoms with van der Waals surface area (Å²) in [7, 11) is 0. The lowest BCUT2D eigenvalue weighted by molar-refractivity contribution is 0.569. The van der Waals surface area contributed by atoms with Crippen molar-refractivity contribution in [1.82, 2.24) is 14.8 Å². The number of hydrogen-bond donors (Lipinski definition) is 0. The summed E-state index contributed by atoms with van der Waals surface area (Å²) >= 11 is 1.41. The van der Waals surface area contributed by atoms with E-state index in [1.54, 1.807) is 12.3 Å². The van der Waals surface area contributed by atoms with Gasteiger partial charge in [-0.05, 0) is 31.0 Å². The van der Waals surface area contributed by atoms with Gasteiger partial charge in [-0.2, -0.15) is 5.26 Å². The molecule has 0 saturated heterocycles. The van der Waals surface area contributed by atoms with Crippen LogP contribution < -0.4 is 0 Å². The molecule has 3 rings (SSSR count). The molecule has 2 heterocycles. The van der Waals surface area contributed by atoms with Crippen molar-refractivity contribution < 1.29 is 4.42 Å². The Morgan fingerprint density at radius 1 is 1.32 bits per heavy atom. The van der Waals surface area contributed by atoms with Crippen LogP contribution in [0.2, 0.25) is 0 Å². The molecule has 1 aromatic carbocycles. The first-order valence-corrected chi connectivity index (χ1v) is 8.79. The molecule has 0 radical (unpaired) electrons. The molecule has 126 valence electrons. The first kappa shape index (κ1) is 17.1. The molecule has 0 aliphatic carbocycles. The van der Waals surface area contributed by atoms with Gasteiger partial charge in [0, 0.05) is 6.54 Å². The fourth-order valence-corrected chi connectivity index (χ4v) is 3.40.